The summed E-state index contributed by atoms with van der Waals surface area (Å²) >= 11 is 0. The number of rotatable bonds is 8. The monoisotopic (exact) mass is 265 g/mol. The van der Waals surface area contributed by atoms with Crippen molar-refractivity contribution in [2.24, 2.45) is 0 Å². The van der Waals surface area contributed by atoms with Crippen molar-refractivity contribution in [3.63, 3.8) is 0 Å². The second kappa shape index (κ2) is 8.05. The maximum Gasteiger partial charge on any atom is 0.161 e. The average molecular weight is 265 g/mol. The van der Waals surface area contributed by atoms with E-state index in [4.69, 9.17) is 9.47 Å². The summed E-state index contributed by atoms with van der Waals surface area (Å²) in [6, 6.07) is 6.63. The molecule has 0 radical (unpaired) electrons. The normalized spacial score (nSPS) is 11.1. The number of hydrogen-bond donors (Lipinski definition) is 1. The Balaban J connectivity index is 2.78. The van der Waals surface area contributed by atoms with Crippen molar-refractivity contribution >= 4 is 0 Å². The molecule has 3 nitrogen and oxygen atoms in total. The third-order valence-corrected chi connectivity index (χ3v) is 3.15. The maximum absolute atomic E-state index is 5.97. The Morgan fingerprint density at radius 3 is 2.32 bits per heavy atom. The van der Waals surface area contributed by atoms with Crippen LogP contribution in [-0.4, -0.2) is 19.3 Å². The molecule has 0 unspecified atom stereocenters. The smallest absolute Gasteiger partial charge is 0.161 e. The Morgan fingerprint density at radius 2 is 1.79 bits per heavy atom. The summed E-state index contributed by atoms with van der Waals surface area (Å²) in [6.07, 6.45) is 2.28. The van der Waals surface area contributed by atoms with E-state index in [0.29, 0.717) is 6.04 Å². The van der Waals surface area contributed by atoms with Gasteiger partial charge in [0.05, 0.1) is 13.2 Å². The Labute approximate surface area is 117 Å². The third kappa shape index (κ3) is 5.11. The molecule has 0 spiro atoms. The van der Waals surface area contributed by atoms with E-state index in [1.54, 1.807) is 7.11 Å². The number of nitrogens with one attached hydrogen (secondary N) is 1. The first-order valence-electron chi connectivity index (χ1n) is 7.17. The van der Waals surface area contributed by atoms with E-state index in [9.17, 15) is 0 Å². The summed E-state index contributed by atoms with van der Waals surface area (Å²) in [5, 5.41) is 3.40. The zero-order valence-corrected chi connectivity index (χ0v) is 12.8. The Morgan fingerprint density at radius 1 is 1.11 bits per heavy atom. The van der Waals surface area contributed by atoms with E-state index in [1.807, 2.05) is 12.1 Å². The predicted molar refractivity (Wildman–Crippen MR) is 80.0 cm³/mol. The Bertz CT molecular complexity index is 373. The van der Waals surface area contributed by atoms with Gasteiger partial charge in [-0.25, -0.2) is 0 Å². The SMILES string of the molecule is CCC(CC)Oc1ccc(CNC(C)C)cc1OC. The van der Waals surface area contributed by atoms with Crippen molar-refractivity contribution in [3.8, 4) is 11.5 Å². The van der Waals surface area contributed by atoms with Gasteiger partial charge in [0.25, 0.3) is 0 Å². The van der Waals surface area contributed by atoms with E-state index in [0.717, 1.165) is 30.9 Å². The zero-order valence-electron chi connectivity index (χ0n) is 12.8. The van der Waals surface area contributed by atoms with E-state index in [1.165, 1.54) is 5.56 Å². The Hall–Kier alpha value is -1.22. The molecule has 1 aromatic carbocycles. The standard InChI is InChI=1S/C16H27NO2/c1-6-14(7-2)19-15-9-8-13(10-16(15)18-5)11-17-12(3)4/h8-10,12,14,17H,6-7,11H2,1-5H3. The van der Waals surface area contributed by atoms with Crippen LogP contribution in [0.5, 0.6) is 11.5 Å². The molecule has 0 saturated carbocycles. The molecule has 19 heavy (non-hydrogen) atoms. The second-order valence-corrected chi connectivity index (χ2v) is 5.08. The first-order chi connectivity index (χ1) is 9.10. The van der Waals surface area contributed by atoms with Gasteiger partial charge in [-0.15, -0.1) is 0 Å². The largest absolute Gasteiger partial charge is 0.493 e. The summed E-state index contributed by atoms with van der Waals surface area (Å²) in [5.41, 5.74) is 1.21. The zero-order chi connectivity index (χ0) is 14.3. The third-order valence-electron chi connectivity index (χ3n) is 3.15. The molecule has 1 rings (SSSR count). The highest BCUT2D eigenvalue weighted by Crippen LogP contribution is 2.29. The van der Waals surface area contributed by atoms with E-state index in [2.05, 4.69) is 39.1 Å². The topological polar surface area (TPSA) is 30.5 Å². The molecule has 0 aliphatic heterocycles. The molecule has 108 valence electrons. The second-order valence-electron chi connectivity index (χ2n) is 5.08. The molecule has 0 aromatic heterocycles. The molecule has 0 fully saturated rings. The fourth-order valence-corrected chi connectivity index (χ4v) is 1.88. The van der Waals surface area contributed by atoms with Crippen LogP contribution in [0, 0.1) is 0 Å². The fourth-order valence-electron chi connectivity index (χ4n) is 1.88. The molecule has 0 bridgehead atoms. The van der Waals surface area contributed by atoms with Gasteiger partial charge < -0.3 is 14.8 Å². The molecular weight excluding hydrogens is 238 g/mol. The maximum atomic E-state index is 5.97. The van der Waals surface area contributed by atoms with Gasteiger partial charge in [-0.3, -0.25) is 0 Å². The summed E-state index contributed by atoms with van der Waals surface area (Å²) in [5.74, 6) is 1.65. The van der Waals surface area contributed by atoms with Gasteiger partial charge in [0, 0.05) is 12.6 Å². The Kier molecular flexibility index (Phi) is 6.71. The van der Waals surface area contributed by atoms with Crippen LogP contribution in [0.25, 0.3) is 0 Å². The summed E-state index contributed by atoms with van der Waals surface area (Å²) in [4.78, 5) is 0. The lowest BCUT2D eigenvalue weighted by Gasteiger charge is -2.18. The minimum atomic E-state index is 0.258. The predicted octanol–water partition coefficient (Wildman–Crippen LogP) is 3.76. The highest BCUT2D eigenvalue weighted by Gasteiger charge is 2.10. The first-order valence-corrected chi connectivity index (χ1v) is 7.17. The van der Waals surface area contributed by atoms with Crippen LogP contribution in [0.4, 0.5) is 0 Å². The van der Waals surface area contributed by atoms with E-state index >= 15 is 0 Å². The molecule has 0 saturated heterocycles. The van der Waals surface area contributed by atoms with Gasteiger partial charge >= 0.3 is 0 Å². The first kappa shape index (κ1) is 15.8. The van der Waals surface area contributed by atoms with Crippen molar-refractivity contribution in [3.05, 3.63) is 23.8 Å². The molecule has 0 atom stereocenters. The fraction of sp³-hybridized carbons (Fsp3) is 0.625. The molecule has 0 aliphatic rings. The quantitative estimate of drug-likeness (QED) is 0.776. The molecule has 3 heteroatoms. The highest BCUT2D eigenvalue weighted by atomic mass is 16.5. The van der Waals surface area contributed by atoms with E-state index < -0.39 is 0 Å². The van der Waals surface area contributed by atoms with Crippen molar-refractivity contribution < 1.29 is 9.47 Å². The highest BCUT2D eigenvalue weighted by molar-refractivity contribution is 5.43. The lowest BCUT2D eigenvalue weighted by atomic mass is 10.1. The minimum absolute atomic E-state index is 0.258. The number of benzene rings is 1. The van der Waals surface area contributed by atoms with Crippen LogP contribution in [0.3, 0.4) is 0 Å². The van der Waals surface area contributed by atoms with Crippen molar-refractivity contribution in [1.29, 1.82) is 0 Å². The van der Waals surface area contributed by atoms with Crippen molar-refractivity contribution in [2.75, 3.05) is 7.11 Å². The lowest BCUT2D eigenvalue weighted by Crippen LogP contribution is -2.21. The average Bonchev–Trinajstić information content (AvgIpc) is 2.42. The van der Waals surface area contributed by atoms with Gasteiger partial charge in [-0.1, -0.05) is 33.8 Å². The molecule has 1 N–H and O–H groups in total. The van der Waals surface area contributed by atoms with Crippen molar-refractivity contribution in [1.82, 2.24) is 5.32 Å². The molecule has 0 heterocycles. The molecule has 0 aliphatic carbocycles. The number of methoxy groups -OCH3 is 1. The van der Waals surface area contributed by atoms with Gasteiger partial charge in [0.15, 0.2) is 11.5 Å². The van der Waals surface area contributed by atoms with Crippen molar-refractivity contribution in [2.45, 2.75) is 59.2 Å². The lowest BCUT2D eigenvalue weighted by molar-refractivity contribution is 0.185. The molecule has 1 aromatic rings. The molecular formula is C16H27NO2. The van der Waals surface area contributed by atoms with Crippen LogP contribution in [0.15, 0.2) is 18.2 Å². The van der Waals surface area contributed by atoms with Crippen LogP contribution in [0.2, 0.25) is 0 Å². The minimum Gasteiger partial charge on any atom is -0.493 e. The van der Waals surface area contributed by atoms with Gasteiger partial charge in [0.1, 0.15) is 0 Å². The van der Waals surface area contributed by atoms with Gasteiger partial charge in [-0.05, 0) is 30.5 Å². The van der Waals surface area contributed by atoms with Crippen LogP contribution in [0.1, 0.15) is 46.1 Å². The summed E-state index contributed by atoms with van der Waals surface area (Å²) in [6.45, 7) is 9.41. The van der Waals surface area contributed by atoms with E-state index in [-0.39, 0.29) is 6.10 Å². The van der Waals surface area contributed by atoms with Crippen LogP contribution < -0.4 is 14.8 Å². The number of hydrogen-bond acceptors (Lipinski definition) is 3. The van der Waals surface area contributed by atoms with Gasteiger partial charge in [-0.2, -0.15) is 0 Å². The number of ether oxygens (including phenoxy) is 2. The van der Waals surface area contributed by atoms with Gasteiger partial charge in [0.2, 0.25) is 0 Å². The summed E-state index contributed by atoms with van der Waals surface area (Å²) < 4.78 is 11.4. The van der Waals surface area contributed by atoms with Crippen LogP contribution >= 0.6 is 0 Å². The molecule has 0 amide bonds. The van der Waals surface area contributed by atoms with Crippen LogP contribution in [-0.2, 0) is 6.54 Å². The summed E-state index contributed by atoms with van der Waals surface area (Å²) in [7, 11) is 1.69.